The molecule has 1 aromatic carbocycles. The van der Waals surface area contributed by atoms with E-state index in [1.165, 1.54) is 6.07 Å². The lowest BCUT2D eigenvalue weighted by Gasteiger charge is -2.10. The molecule has 0 bridgehead atoms. The molecule has 2 aromatic rings. The molecule has 0 saturated heterocycles. The summed E-state index contributed by atoms with van der Waals surface area (Å²) in [5, 5.41) is 11.8. The van der Waals surface area contributed by atoms with Crippen molar-refractivity contribution in [2.75, 3.05) is 5.32 Å². The predicted molar refractivity (Wildman–Crippen MR) is 70.3 cm³/mol. The maximum Gasteiger partial charge on any atom is 0.336 e. The number of carbonyl (C=O) groups is 2. The summed E-state index contributed by atoms with van der Waals surface area (Å²) in [7, 11) is 0. The highest BCUT2D eigenvalue weighted by Gasteiger charge is 2.18. The molecule has 1 amide bonds. The first-order chi connectivity index (χ1) is 9.09. The number of nitrogens with one attached hydrogen (secondary N) is 1. The van der Waals surface area contributed by atoms with Gasteiger partial charge in [0.1, 0.15) is 0 Å². The number of amides is 1. The Balaban J connectivity index is 2.36. The molecule has 96 valence electrons. The fourth-order valence-electron chi connectivity index (χ4n) is 1.78. The molecule has 19 heavy (non-hydrogen) atoms. The number of carboxylic acids is 1. The van der Waals surface area contributed by atoms with E-state index in [4.69, 9.17) is 5.11 Å². The molecule has 5 heteroatoms. The zero-order valence-corrected chi connectivity index (χ0v) is 10.3. The highest BCUT2D eigenvalue weighted by molar-refractivity contribution is 6.11. The van der Waals surface area contributed by atoms with Gasteiger partial charge < -0.3 is 10.4 Å². The van der Waals surface area contributed by atoms with Crippen molar-refractivity contribution in [2.45, 2.75) is 6.92 Å². The topological polar surface area (TPSA) is 79.3 Å². The van der Waals surface area contributed by atoms with Gasteiger partial charge in [-0.05, 0) is 30.7 Å². The second kappa shape index (κ2) is 5.30. The SMILES string of the molecule is Cc1cccc(C(=O)O)c1C(=O)Nc1ccncc1. The van der Waals surface area contributed by atoms with Crippen LogP contribution in [0.15, 0.2) is 42.7 Å². The molecule has 0 fully saturated rings. The van der Waals surface area contributed by atoms with Crippen molar-refractivity contribution in [1.82, 2.24) is 4.98 Å². The van der Waals surface area contributed by atoms with Crippen LogP contribution in [0.25, 0.3) is 0 Å². The molecule has 0 atom stereocenters. The van der Waals surface area contributed by atoms with Gasteiger partial charge in [0.15, 0.2) is 0 Å². The minimum Gasteiger partial charge on any atom is -0.478 e. The second-order valence-corrected chi connectivity index (χ2v) is 3.99. The molecule has 2 N–H and O–H groups in total. The standard InChI is InChI=1S/C14H12N2O3/c1-9-3-2-4-11(14(18)19)12(9)13(17)16-10-5-7-15-8-6-10/h2-8H,1H3,(H,18,19)(H,15,16,17). The number of carbonyl (C=O) groups excluding carboxylic acids is 1. The van der Waals surface area contributed by atoms with E-state index >= 15 is 0 Å². The summed E-state index contributed by atoms with van der Waals surface area (Å²) in [6.07, 6.45) is 3.09. The van der Waals surface area contributed by atoms with E-state index in [2.05, 4.69) is 10.3 Å². The zero-order valence-electron chi connectivity index (χ0n) is 10.3. The lowest BCUT2D eigenvalue weighted by molar-refractivity contribution is 0.0692. The number of nitrogens with zero attached hydrogens (tertiary/aromatic N) is 1. The van der Waals surface area contributed by atoms with Crippen molar-refractivity contribution >= 4 is 17.6 Å². The van der Waals surface area contributed by atoms with E-state index in [9.17, 15) is 9.59 Å². The van der Waals surface area contributed by atoms with E-state index in [1.54, 1.807) is 43.6 Å². The first-order valence-corrected chi connectivity index (χ1v) is 5.64. The first kappa shape index (κ1) is 12.8. The molecule has 0 aliphatic heterocycles. The van der Waals surface area contributed by atoms with Gasteiger partial charge in [-0.1, -0.05) is 12.1 Å². The number of rotatable bonds is 3. The number of aromatic nitrogens is 1. The van der Waals surface area contributed by atoms with Crippen LogP contribution in [0.5, 0.6) is 0 Å². The summed E-state index contributed by atoms with van der Waals surface area (Å²) < 4.78 is 0. The van der Waals surface area contributed by atoms with Crippen LogP contribution in [0, 0.1) is 6.92 Å². The van der Waals surface area contributed by atoms with Crippen LogP contribution >= 0.6 is 0 Å². The average molecular weight is 256 g/mol. The van der Waals surface area contributed by atoms with Gasteiger partial charge in [0, 0.05) is 18.1 Å². The van der Waals surface area contributed by atoms with Gasteiger partial charge in [0.05, 0.1) is 11.1 Å². The Morgan fingerprint density at radius 1 is 1.16 bits per heavy atom. The van der Waals surface area contributed by atoms with Crippen LogP contribution in [0.4, 0.5) is 5.69 Å². The molecule has 0 aliphatic carbocycles. The monoisotopic (exact) mass is 256 g/mol. The zero-order chi connectivity index (χ0) is 13.8. The summed E-state index contributed by atoms with van der Waals surface area (Å²) in [6, 6.07) is 8.00. The molecule has 0 unspecified atom stereocenters. The predicted octanol–water partition coefficient (Wildman–Crippen LogP) is 2.34. The van der Waals surface area contributed by atoms with E-state index in [0.717, 1.165) is 0 Å². The Kier molecular flexibility index (Phi) is 3.56. The minimum atomic E-state index is -1.12. The van der Waals surface area contributed by atoms with Gasteiger partial charge in [-0.25, -0.2) is 4.79 Å². The van der Waals surface area contributed by atoms with Crippen LogP contribution in [0.3, 0.4) is 0 Å². The average Bonchev–Trinajstić information content (AvgIpc) is 2.39. The number of aromatic carboxylic acids is 1. The van der Waals surface area contributed by atoms with Crippen LogP contribution in [-0.4, -0.2) is 22.0 Å². The normalized spacial score (nSPS) is 9.95. The van der Waals surface area contributed by atoms with Gasteiger partial charge in [-0.2, -0.15) is 0 Å². The second-order valence-electron chi connectivity index (χ2n) is 3.99. The number of carboxylic acid groups (broad SMARTS) is 1. The molecule has 2 rings (SSSR count). The van der Waals surface area contributed by atoms with E-state index in [0.29, 0.717) is 11.3 Å². The summed E-state index contributed by atoms with van der Waals surface area (Å²) in [5.41, 5.74) is 1.35. The molecule has 0 saturated carbocycles. The van der Waals surface area contributed by atoms with Gasteiger partial charge in [0.2, 0.25) is 0 Å². The van der Waals surface area contributed by atoms with Gasteiger partial charge >= 0.3 is 5.97 Å². The molecule has 5 nitrogen and oxygen atoms in total. The van der Waals surface area contributed by atoms with Gasteiger partial charge in [-0.3, -0.25) is 9.78 Å². The number of aryl methyl sites for hydroxylation is 1. The van der Waals surface area contributed by atoms with E-state index < -0.39 is 11.9 Å². The largest absolute Gasteiger partial charge is 0.478 e. The molecule has 0 aliphatic rings. The van der Waals surface area contributed by atoms with Crippen LogP contribution in [0.1, 0.15) is 26.3 Å². The lowest BCUT2D eigenvalue weighted by atomic mass is 10.0. The van der Waals surface area contributed by atoms with Gasteiger partial charge in [-0.15, -0.1) is 0 Å². The Bertz CT molecular complexity index is 624. The van der Waals surface area contributed by atoms with Crippen molar-refractivity contribution < 1.29 is 14.7 Å². The van der Waals surface area contributed by atoms with Crippen molar-refractivity contribution in [3.63, 3.8) is 0 Å². The Morgan fingerprint density at radius 3 is 2.47 bits per heavy atom. The molecule has 0 radical (unpaired) electrons. The maximum absolute atomic E-state index is 12.2. The smallest absolute Gasteiger partial charge is 0.336 e. The third-order valence-corrected chi connectivity index (χ3v) is 2.67. The fourth-order valence-corrected chi connectivity index (χ4v) is 1.78. The maximum atomic E-state index is 12.2. The van der Waals surface area contributed by atoms with Crippen LogP contribution in [0.2, 0.25) is 0 Å². The minimum absolute atomic E-state index is 0.00782. The summed E-state index contributed by atoms with van der Waals surface area (Å²) >= 11 is 0. The Labute approximate surface area is 109 Å². The third kappa shape index (κ3) is 2.77. The number of anilines is 1. The molecule has 0 spiro atoms. The van der Waals surface area contributed by atoms with Crippen molar-refractivity contribution in [2.24, 2.45) is 0 Å². The highest BCUT2D eigenvalue weighted by atomic mass is 16.4. The Hall–Kier alpha value is -2.69. The van der Waals surface area contributed by atoms with Crippen molar-refractivity contribution in [1.29, 1.82) is 0 Å². The summed E-state index contributed by atoms with van der Waals surface area (Å²) in [5.74, 6) is -1.56. The number of hydrogen-bond donors (Lipinski definition) is 2. The van der Waals surface area contributed by atoms with E-state index in [-0.39, 0.29) is 11.1 Å². The fraction of sp³-hybridized carbons (Fsp3) is 0.0714. The van der Waals surface area contributed by atoms with Crippen LogP contribution < -0.4 is 5.32 Å². The number of benzene rings is 1. The third-order valence-electron chi connectivity index (χ3n) is 2.67. The number of pyridine rings is 1. The first-order valence-electron chi connectivity index (χ1n) is 5.64. The van der Waals surface area contributed by atoms with E-state index in [1.807, 2.05) is 0 Å². The molecular weight excluding hydrogens is 244 g/mol. The molecular formula is C14H12N2O3. The van der Waals surface area contributed by atoms with Crippen LogP contribution in [-0.2, 0) is 0 Å². The van der Waals surface area contributed by atoms with Crippen molar-refractivity contribution in [3.05, 3.63) is 59.4 Å². The summed E-state index contributed by atoms with van der Waals surface area (Å²) in [6.45, 7) is 1.70. The van der Waals surface area contributed by atoms with Crippen molar-refractivity contribution in [3.8, 4) is 0 Å². The molecule has 1 aromatic heterocycles. The summed E-state index contributed by atoms with van der Waals surface area (Å²) in [4.78, 5) is 27.1. The number of hydrogen-bond acceptors (Lipinski definition) is 3. The lowest BCUT2D eigenvalue weighted by Crippen LogP contribution is -2.18. The Morgan fingerprint density at radius 2 is 1.84 bits per heavy atom. The molecule has 1 heterocycles. The highest BCUT2D eigenvalue weighted by Crippen LogP contribution is 2.16. The van der Waals surface area contributed by atoms with Gasteiger partial charge in [0.25, 0.3) is 5.91 Å². The quantitative estimate of drug-likeness (QED) is 0.883.